The maximum atomic E-state index is 13.5. The minimum atomic E-state index is -4.20. The third kappa shape index (κ3) is 3.67. The summed E-state index contributed by atoms with van der Waals surface area (Å²) in [5.41, 5.74) is 6.00. The lowest BCUT2D eigenvalue weighted by Crippen LogP contribution is -2.52. The van der Waals surface area contributed by atoms with Crippen LogP contribution in [0, 0.1) is 5.92 Å². The highest BCUT2D eigenvalue weighted by Crippen LogP contribution is 2.46. The Morgan fingerprint density at radius 2 is 2.06 bits per heavy atom. The molecule has 4 atom stereocenters. The van der Waals surface area contributed by atoms with Crippen molar-refractivity contribution in [2.24, 2.45) is 5.92 Å². The molecule has 3 aliphatic heterocycles. The Hall–Kier alpha value is -1.95. The maximum absolute atomic E-state index is 13.5. The van der Waals surface area contributed by atoms with E-state index in [0.717, 1.165) is 0 Å². The van der Waals surface area contributed by atoms with Crippen molar-refractivity contribution in [3.8, 4) is 0 Å². The van der Waals surface area contributed by atoms with Gasteiger partial charge in [0, 0.05) is 31.2 Å². The number of halogens is 3. The molecule has 0 aliphatic carbocycles. The van der Waals surface area contributed by atoms with E-state index in [1.807, 2.05) is 4.90 Å². The summed E-state index contributed by atoms with van der Waals surface area (Å²) in [7, 11) is 0. The molecular formula is C20H27F3N6O2. The Labute approximate surface area is 177 Å². The molecular weight excluding hydrogens is 413 g/mol. The number of hydrogen-bond donors (Lipinski definition) is 3. The summed E-state index contributed by atoms with van der Waals surface area (Å²) in [6.45, 7) is 1.79. The van der Waals surface area contributed by atoms with Gasteiger partial charge in [0.25, 0.3) is 0 Å². The molecule has 0 radical (unpaired) electrons. The third-order valence-electron chi connectivity index (χ3n) is 7.14. The Morgan fingerprint density at radius 1 is 1.29 bits per heavy atom. The summed E-state index contributed by atoms with van der Waals surface area (Å²) in [6, 6.07) is 1.77. The highest BCUT2D eigenvalue weighted by atomic mass is 19.4. The lowest BCUT2D eigenvalue weighted by atomic mass is 9.83. The van der Waals surface area contributed by atoms with Gasteiger partial charge in [-0.05, 0) is 38.4 Å². The van der Waals surface area contributed by atoms with Crippen molar-refractivity contribution in [2.75, 3.05) is 31.9 Å². The van der Waals surface area contributed by atoms with E-state index in [1.54, 1.807) is 16.8 Å². The minimum absolute atomic E-state index is 0.0136. The number of nitrogens with zero attached hydrogens (tertiary/aromatic N) is 4. The van der Waals surface area contributed by atoms with Crippen molar-refractivity contribution in [3.05, 3.63) is 18.6 Å². The van der Waals surface area contributed by atoms with Gasteiger partial charge in [-0.15, -0.1) is 0 Å². The maximum Gasteiger partial charge on any atom is 0.393 e. The normalized spacial score (nSPS) is 31.7. The molecule has 4 N–H and O–H groups in total. The monoisotopic (exact) mass is 440 g/mol. The van der Waals surface area contributed by atoms with Crippen LogP contribution in [0.25, 0.3) is 11.0 Å². The van der Waals surface area contributed by atoms with E-state index in [4.69, 9.17) is 10.5 Å². The number of aromatic nitrogens is 3. The molecule has 0 amide bonds. The predicted octanol–water partition coefficient (Wildman–Crippen LogP) is 1.67. The first-order valence-electron chi connectivity index (χ1n) is 10.7. The van der Waals surface area contributed by atoms with E-state index in [1.165, 1.54) is 6.33 Å². The van der Waals surface area contributed by atoms with Crippen LogP contribution in [0.1, 0.15) is 31.9 Å². The first-order valence-corrected chi connectivity index (χ1v) is 10.7. The van der Waals surface area contributed by atoms with Crippen LogP contribution >= 0.6 is 0 Å². The number of piperidine rings is 1. The van der Waals surface area contributed by atoms with Gasteiger partial charge in [0.2, 0.25) is 0 Å². The van der Waals surface area contributed by atoms with E-state index in [-0.39, 0.29) is 19.1 Å². The summed E-state index contributed by atoms with van der Waals surface area (Å²) in [4.78, 5) is 10.2. The fourth-order valence-electron chi connectivity index (χ4n) is 5.55. The molecule has 3 aliphatic rings. The molecule has 0 bridgehead atoms. The smallest absolute Gasteiger partial charge is 0.388 e. The molecule has 0 saturated carbocycles. The summed E-state index contributed by atoms with van der Waals surface area (Å²) < 4.78 is 48.5. The number of aliphatic hydroxyl groups is 1. The van der Waals surface area contributed by atoms with Gasteiger partial charge in [0.15, 0.2) is 6.23 Å². The number of fused-ring (bicyclic) bond motifs is 1. The van der Waals surface area contributed by atoms with Crippen molar-refractivity contribution in [1.82, 2.24) is 24.8 Å². The van der Waals surface area contributed by atoms with Crippen LogP contribution in [0.4, 0.5) is 19.0 Å². The first kappa shape index (κ1) is 20.9. The Balaban J connectivity index is 1.34. The zero-order chi connectivity index (χ0) is 21.8. The van der Waals surface area contributed by atoms with Gasteiger partial charge in [-0.2, -0.15) is 13.2 Å². The van der Waals surface area contributed by atoms with Crippen LogP contribution in [0.2, 0.25) is 0 Å². The second-order valence-electron chi connectivity index (χ2n) is 8.99. The number of anilines is 1. The quantitative estimate of drug-likeness (QED) is 0.667. The number of aliphatic hydroxyl groups excluding tert-OH is 1. The molecule has 170 valence electrons. The number of nitrogens with two attached hydrogens (primary N) is 1. The number of ether oxygens (including phenoxy) is 1. The van der Waals surface area contributed by atoms with Gasteiger partial charge < -0.3 is 25.5 Å². The van der Waals surface area contributed by atoms with Crippen molar-refractivity contribution < 1.29 is 23.0 Å². The highest BCUT2D eigenvalue weighted by Gasteiger charge is 2.55. The van der Waals surface area contributed by atoms with Crippen LogP contribution in [-0.2, 0) is 4.74 Å². The Kier molecular flexibility index (Phi) is 5.11. The minimum Gasteiger partial charge on any atom is -0.388 e. The second kappa shape index (κ2) is 7.58. The van der Waals surface area contributed by atoms with E-state index in [9.17, 15) is 18.3 Å². The molecule has 3 saturated heterocycles. The molecule has 8 nitrogen and oxygen atoms in total. The molecule has 0 aromatic carbocycles. The molecule has 31 heavy (non-hydrogen) atoms. The van der Waals surface area contributed by atoms with Gasteiger partial charge in [0.1, 0.15) is 23.9 Å². The SMILES string of the molecule is Nc1ncnc2c1ccn2[C@@H]1O[C@H](CN2CC(C(F)(F)F)CC23CCNCC3)C[C@H]1O. The molecule has 11 heteroatoms. The topological polar surface area (TPSA) is 101 Å². The number of hydrogen-bond acceptors (Lipinski definition) is 7. The zero-order valence-electron chi connectivity index (χ0n) is 17.1. The number of nitrogens with one attached hydrogen (secondary N) is 1. The number of rotatable bonds is 3. The molecule has 3 fully saturated rings. The largest absolute Gasteiger partial charge is 0.393 e. The number of nitrogen functional groups attached to an aromatic ring is 1. The van der Waals surface area contributed by atoms with Crippen molar-refractivity contribution in [1.29, 1.82) is 0 Å². The molecule has 5 heterocycles. The van der Waals surface area contributed by atoms with Crippen LogP contribution in [-0.4, -0.2) is 74.6 Å². The van der Waals surface area contributed by atoms with Gasteiger partial charge in [-0.1, -0.05) is 0 Å². The fraction of sp³-hybridized carbons (Fsp3) is 0.700. The molecule has 5 rings (SSSR count). The van der Waals surface area contributed by atoms with Crippen LogP contribution in [0.15, 0.2) is 18.6 Å². The predicted molar refractivity (Wildman–Crippen MR) is 107 cm³/mol. The number of likely N-dealkylation sites (tertiary alicyclic amines) is 1. The lowest BCUT2D eigenvalue weighted by Gasteiger charge is -2.42. The Morgan fingerprint density at radius 3 is 2.81 bits per heavy atom. The summed E-state index contributed by atoms with van der Waals surface area (Å²) in [5, 5.41) is 14.6. The Bertz CT molecular complexity index is 945. The van der Waals surface area contributed by atoms with E-state index in [0.29, 0.717) is 55.7 Å². The molecule has 1 spiro atoms. The summed E-state index contributed by atoms with van der Waals surface area (Å²) in [5.74, 6) is -0.975. The van der Waals surface area contributed by atoms with Crippen LogP contribution < -0.4 is 11.1 Å². The average molecular weight is 440 g/mol. The van der Waals surface area contributed by atoms with Crippen molar-refractivity contribution >= 4 is 16.9 Å². The highest BCUT2D eigenvalue weighted by molar-refractivity contribution is 5.86. The standard InChI is InChI=1S/C20H27F3N6O2/c21-20(22,23)12-8-19(2-4-25-5-3-19)28(9-12)10-13-7-15(30)18(31-13)29-6-1-14-16(24)26-11-27-17(14)29/h1,6,11-13,15,18,25,30H,2-5,7-10H2,(H2,24,26,27)/t12?,13-,15+,18+/m0/s1. The van der Waals surface area contributed by atoms with Gasteiger partial charge in [-0.25, -0.2) is 9.97 Å². The van der Waals surface area contributed by atoms with Gasteiger partial charge in [-0.3, -0.25) is 4.90 Å². The lowest BCUT2D eigenvalue weighted by molar-refractivity contribution is -0.171. The van der Waals surface area contributed by atoms with E-state index < -0.39 is 30.0 Å². The van der Waals surface area contributed by atoms with Crippen LogP contribution in [0.3, 0.4) is 0 Å². The first-order chi connectivity index (χ1) is 14.8. The fourth-order valence-corrected chi connectivity index (χ4v) is 5.55. The van der Waals surface area contributed by atoms with E-state index >= 15 is 0 Å². The third-order valence-corrected chi connectivity index (χ3v) is 7.14. The van der Waals surface area contributed by atoms with Gasteiger partial charge in [0.05, 0.1) is 17.4 Å². The van der Waals surface area contributed by atoms with Crippen LogP contribution in [0.5, 0.6) is 0 Å². The number of alkyl halides is 3. The van der Waals surface area contributed by atoms with Crippen molar-refractivity contribution in [2.45, 2.75) is 55.8 Å². The molecule has 2 aromatic rings. The van der Waals surface area contributed by atoms with Gasteiger partial charge >= 0.3 is 6.18 Å². The summed E-state index contributed by atoms with van der Waals surface area (Å²) in [6.07, 6.45) is -1.05. The zero-order valence-corrected chi connectivity index (χ0v) is 17.1. The molecule has 1 unspecified atom stereocenters. The molecule has 2 aromatic heterocycles. The van der Waals surface area contributed by atoms with E-state index in [2.05, 4.69) is 15.3 Å². The summed E-state index contributed by atoms with van der Waals surface area (Å²) >= 11 is 0. The second-order valence-corrected chi connectivity index (χ2v) is 8.99. The average Bonchev–Trinajstić information content (AvgIpc) is 3.39. The van der Waals surface area contributed by atoms with Crippen molar-refractivity contribution in [3.63, 3.8) is 0 Å².